The Kier molecular flexibility index (Phi) is 7.61. The quantitative estimate of drug-likeness (QED) is 0.250. The molecule has 3 aromatic carbocycles. The van der Waals surface area contributed by atoms with Crippen molar-refractivity contribution in [2.75, 3.05) is 0 Å². The van der Waals surface area contributed by atoms with Crippen LogP contribution in [0, 0.1) is 43.4 Å². The lowest BCUT2D eigenvalue weighted by atomic mass is 9.66. The van der Waals surface area contributed by atoms with Crippen LogP contribution in [0.15, 0.2) is 60.7 Å². The van der Waals surface area contributed by atoms with Crippen molar-refractivity contribution in [2.45, 2.75) is 92.4 Å². The Labute approximate surface area is 260 Å². The molecule has 0 N–H and O–H groups in total. The monoisotopic (exact) mass is 566 g/mol. The summed E-state index contributed by atoms with van der Waals surface area (Å²) in [6.07, 6.45) is 17.2. The van der Waals surface area contributed by atoms with Crippen molar-refractivity contribution in [3.05, 3.63) is 105 Å². The summed E-state index contributed by atoms with van der Waals surface area (Å²) in [6.45, 7) is 15.8. The van der Waals surface area contributed by atoms with E-state index in [0.717, 1.165) is 30.6 Å². The van der Waals surface area contributed by atoms with E-state index >= 15 is 0 Å². The number of rotatable bonds is 7. The highest BCUT2D eigenvalue weighted by Crippen LogP contribution is 2.47. The minimum absolute atomic E-state index is 0.589. The van der Waals surface area contributed by atoms with Crippen molar-refractivity contribution < 1.29 is 0 Å². The number of aryl methyl sites for hydroxylation is 2. The van der Waals surface area contributed by atoms with Crippen molar-refractivity contribution in [2.24, 2.45) is 29.6 Å². The van der Waals surface area contributed by atoms with E-state index in [1.54, 1.807) is 10.8 Å². The largest absolute Gasteiger partial charge is 0.0998 e. The maximum absolute atomic E-state index is 4.30. The van der Waals surface area contributed by atoms with E-state index in [9.17, 15) is 0 Å². The van der Waals surface area contributed by atoms with E-state index in [1.807, 2.05) is 0 Å². The number of fused-ring (bicyclic) bond motifs is 2. The number of benzene rings is 3. The highest BCUT2D eigenvalue weighted by molar-refractivity contribution is 5.93. The summed E-state index contributed by atoms with van der Waals surface area (Å²) in [5.41, 5.74) is 15.7. The lowest BCUT2D eigenvalue weighted by Crippen LogP contribution is -2.30. The number of hydrogen-bond donors (Lipinski definition) is 0. The molecule has 0 saturated heterocycles. The normalized spacial score (nSPS) is 23.1. The lowest BCUT2D eigenvalue weighted by Gasteiger charge is -2.40. The molecule has 3 aromatic rings. The third kappa shape index (κ3) is 5.30. The van der Waals surface area contributed by atoms with Gasteiger partial charge in [0.25, 0.3) is 0 Å². The van der Waals surface area contributed by atoms with E-state index < -0.39 is 0 Å². The molecule has 43 heavy (non-hydrogen) atoms. The molecule has 0 spiro atoms. The third-order valence-corrected chi connectivity index (χ3v) is 11.5. The predicted molar refractivity (Wildman–Crippen MR) is 186 cm³/mol. The standard InChI is InChI=1S/C43H50/c1-26(2)20-39-29(6)21-37-22-36(25-41(37)43(39)32-12-10-28(5)11-13-32)34-18-19-35-24-38(27(3)4)42(40(35)23-34)33-16-14-31(15-17-33)30-8-7-9-30/h10-13,18-19,21-24,27,30-31,33,38H,1,7-9,14-17,20,25H2,2-6H3. The first-order chi connectivity index (χ1) is 20.8. The molecule has 0 amide bonds. The molecule has 222 valence electrons. The fourth-order valence-electron chi connectivity index (χ4n) is 8.93. The molecule has 0 bridgehead atoms. The summed E-state index contributed by atoms with van der Waals surface area (Å²) in [5, 5.41) is 3.05. The van der Waals surface area contributed by atoms with Crippen LogP contribution in [-0.4, -0.2) is 0 Å². The van der Waals surface area contributed by atoms with E-state index in [-0.39, 0.29) is 0 Å². The van der Waals surface area contributed by atoms with Crippen LogP contribution in [0.3, 0.4) is 0 Å². The average molecular weight is 567 g/mol. The summed E-state index contributed by atoms with van der Waals surface area (Å²) in [4.78, 5) is 0. The van der Waals surface area contributed by atoms with Gasteiger partial charge < -0.3 is 0 Å². The van der Waals surface area contributed by atoms with Gasteiger partial charge >= 0.3 is 0 Å². The van der Waals surface area contributed by atoms with Gasteiger partial charge in [0, 0.05) is 5.92 Å². The summed E-state index contributed by atoms with van der Waals surface area (Å²) in [6, 6.07) is 19.0. The second-order valence-corrected chi connectivity index (χ2v) is 15.0. The van der Waals surface area contributed by atoms with Gasteiger partial charge in [-0.05, 0) is 144 Å². The molecule has 4 aliphatic carbocycles. The molecule has 1 unspecified atom stereocenters. The van der Waals surface area contributed by atoms with Crippen molar-refractivity contribution in [3.8, 4) is 11.1 Å². The fraction of sp³-hybridized carbons (Fsp3) is 0.442. The van der Waals surface area contributed by atoms with Crippen molar-refractivity contribution in [1.82, 2.24) is 0 Å². The van der Waals surface area contributed by atoms with Gasteiger partial charge in [-0.3, -0.25) is 0 Å². The van der Waals surface area contributed by atoms with E-state index in [1.165, 1.54) is 106 Å². The first kappa shape index (κ1) is 28.6. The maximum Gasteiger partial charge on any atom is 0.00210 e. The first-order valence-electron chi connectivity index (χ1n) is 17.2. The summed E-state index contributed by atoms with van der Waals surface area (Å²) in [7, 11) is 0. The highest BCUT2D eigenvalue weighted by Gasteiger charge is 2.35. The Morgan fingerprint density at radius 3 is 2.21 bits per heavy atom. The smallest absolute Gasteiger partial charge is 0.00210 e. The zero-order chi connectivity index (χ0) is 29.8. The molecule has 2 fully saturated rings. The van der Waals surface area contributed by atoms with Crippen LogP contribution in [-0.2, 0) is 12.8 Å². The minimum Gasteiger partial charge on any atom is -0.0998 e. The molecule has 1 atom stereocenters. The van der Waals surface area contributed by atoms with Crippen LogP contribution in [0.5, 0.6) is 0 Å². The second kappa shape index (κ2) is 11.4. The van der Waals surface area contributed by atoms with Crippen molar-refractivity contribution in [3.63, 3.8) is 0 Å². The van der Waals surface area contributed by atoms with Gasteiger partial charge in [-0.1, -0.05) is 111 Å². The van der Waals surface area contributed by atoms with E-state index in [0.29, 0.717) is 11.8 Å². The van der Waals surface area contributed by atoms with Crippen LogP contribution >= 0.6 is 0 Å². The molecule has 0 aromatic heterocycles. The van der Waals surface area contributed by atoms with Gasteiger partial charge in [0.05, 0.1) is 0 Å². The van der Waals surface area contributed by atoms with Crippen molar-refractivity contribution >= 4 is 23.3 Å². The topological polar surface area (TPSA) is 0 Å². The summed E-state index contributed by atoms with van der Waals surface area (Å²) < 4.78 is 0. The first-order valence-corrected chi connectivity index (χ1v) is 17.2. The molecule has 0 heterocycles. The van der Waals surface area contributed by atoms with Gasteiger partial charge in [0.1, 0.15) is 0 Å². The Balaban J connectivity index is 1.26. The van der Waals surface area contributed by atoms with Gasteiger partial charge in [-0.25, -0.2) is 0 Å². The molecular weight excluding hydrogens is 516 g/mol. The molecule has 7 rings (SSSR count). The molecule has 4 aliphatic rings. The maximum atomic E-state index is 4.30. The van der Waals surface area contributed by atoms with Gasteiger partial charge in [0.2, 0.25) is 0 Å². The van der Waals surface area contributed by atoms with Gasteiger partial charge in [0.15, 0.2) is 0 Å². The Hall–Kier alpha value is -3.12. The highest BCUT2D eigenvalue weighted by atomic mass is 14.4. The minimum atomic E-state index is 0.589. The summed E-state index contributed by atoms with van der Waals surface area (Å²) >= 11 is 0. The molecule has 0 radical (unpaired) electrons. The van der Waals surface area contributed by atoms with Crippen LogP contribution < -0.4 is 10.4 Å². The Morgan fingerprint density at radius 2 is 1.56 bits per heavy atom. The van der Waals surface area contributed by atoms with Crippen LogP contribution in [0.25, 0.3) is 34.4 Å². The zero-order valence-corrected chi connectivity index (χ0v) is 27.2. The van der Waals surface area contributed by atoms with E-state index in [2.05, 4.69) is 102 Å². The Morgan fingerprint density at radius 1 is 0.860 bits per heavy atom. The molecule has 0 heteroatoms. The SMILES string of the molecule is C=C(C)Cc1c(C)cc2c(c1-c1ccc(C)cc1)CC(c1ccc3c(c1)=C(C1CCC(C4CCC4)CC1)C(C(C)C)C=3)=C2. The predicted octanol–water partition coefficient (Wildman–Crippen LogP) is 10.0. The average Bonchev–Trinajstić information content (AvgIpc) is 3.55. The molecule has 2 saturated carbocycles. The number of allylic oxidation sites excluding steroid dienone is 2. The van der Waals surface area contributed by atoms with Crippen molar-refractivity contribution in [1.29, 1.82) is 0 Å². The third-order valence-electron chi connectivity index (χ3n) is 11.5. The van der Waals surface area contributed by atoms with Gasteiger partial charge in [-0.2, -0.15) is 0 Å². The van der Waals surface area contributed by atoms with Crippen LogP contribution in [0.4, 0.5) is 0 Å². The molecular formula is C43H50. The number of hydrogen-bond acceptors (Lipinski definition) is 0. The van der Waals surface area contributed by atoms with Crippen LogP contribution in [0.2, 0.25) is 0 Å². The van der Waals surface area contributed by atoms with Gasteiger partial charge in [-0.15, -0.1) is 0 Å². The lowest BCUT2D eigenvalue weighted by molar-refractivity contribution is 0.149. The second-order valence-electron chi connectivity index (χ2n) is 15.0. The molecule has 0 nitrogen and oxygen atoms in total. The Bertz CT molecular complexity index is 1710. The molecule has 0 aliphatic heterocycles. The zero-order valence-electron chi connectivity index (χ0n) is 27.2. The van der Waals surface area contributed by atoms with E-state index in [4.69, 9.17) is 0 Å². The van der Waals surface area contributed by atoms with Crippen LogP contribution in [0.1, 0.15) is 99.1 Å². The summed E-state index contributed by atoms with van der Waals surface area (Å²) in [5.74, 6) is 4.04. The fourth-order valence-corrected chi connectivity index (χ4v) is 8.93.